The third-order valence-corrected chi connectivity index (χ3v) is 2.60. The van der Waals surface area contributed by atoms with E-state index in [0.29, 0.717) is 0 Å². The molecule has 0 radical (unpaired) electrons. The first kappa shape index (κ1) is 10.0. The summed E-state index contributed by atoms with van der Waals surface area (Å²) < 4.78 is 0. The van der Waals surface area contributed by atoms with E-state index in [2.05, 4.69) is 24.8 Å². The van der Waals surface area contributed by atoms with Crippen LogP contribution in [-0.2, 0) is 0 Å². The lowest BCUT2D eigenvalue weighted by Gasteiger charge is -2.03. The van der Waals surface area contributed by atoms with Gasteiger partial charge in [-0.2, -0.15) is 0 Å². The molecule has 0 atom stereocenters. The second-order valence-corrected chi connectivity index (χ2v) is 3.77. The van der Waals surface area contributed by atoms with Crippen molar-refractivity contribution in [2.75, 3.05) is 11.5 Å². The maximum absolute atomic E-state index is 5.80. The van der Waals surface area contributed by atoms with E-state index in [1.807, 2.05) is 19.1 Å². The predicted octanol–water partition coefficient (Wildman–Crippen LogP) is 2.69. The third kappa shape index (κ3) is 3.04. The van der Waals surface area contributed by atoms with Crippen molar-refractivity contribution in [3.05, 3.63) is 23.8 Å². The minimum absolute atomic E-state index is 0.810. The second kappa shape index (κ2) is 4.84. The Labute approximate surface area is 83.7 Å². The van der Waals surface area contributed by atoms with E-state index in [1.165, 1.54) is 5.56 Å². The summed E-state index contributed by atoms with van der Waals surface area (Å²) in [6.07, 6.45) is 0. The number of anilines is 1. The van der Waals surface area contributed by atoms with Crippen LogP contribution >= 0.6 is 11.8 Å². The van der Waals surface area contributed by atoms with Gasteiger partial charge in [-0.05, 0) is 31.5 Å². The summed E-state index contributed by atoms with van der Waals surface area (Å²) in [6, 6.07) is 6.05. The molecule has 0 bridgehead atoms. The lowest BCUT2D eigenvalue weighted by atomic mass is 10.2. The van der Waals surface area contributed by atoms with E-state index in [9.17, 15) is 0 Å². The normalized spacial score (nSPS) is 9.08. The minimum atomic E-state index is 0.810. The van der Waals surface area contributed by atoms with E-state index in [4.69, 9.17) is 5.73 Å². The van der Waals surface area contributed by atoms with Gasteiger partial charge in [0.15, 0.2) is 0 Å². The first-order valence-electron chi connectivity index (χ1n) is 4.12. The molecule has 0 fully saturated rings. The SMILES string of the molecule is CC#CCSc1cc(C)ccc1N. The Balaban J connectivity index is 2.73. The van der Waals surface area contributed by atoms with E-state index in [0.717, 1.165) is 16.3 Å². The average Bonchev–Trinajstić information content (AvgIpc) is 2.11. The molecule has 0 spiro atoms. The number of hydrogen-bond acceptors (Lipinski definition) is 2. The Bertz CT molecular complexity index is 347. The van der Waals surface area contributed by atoms with Crippen LogP contribution in [0.4, 0.5) is 5.69 Å². The van der Waals surface area contributed by atoms with Gasteiger partial charge in [-0.15, -0.1) is 17.7 Å². The van der Waals surface area contributed by atoms with Crippen LogP contribution in [0.25, 0.3) is 0 Å². The van der Waals surface area contributed by atoms with Gasteiger partial charge in [-0.3, -0.25) is 0 Å². The van der Waals surface area contributed by atoms with Gasteiger partial charge in [-0.25, -0.2) is 0 Å². The van der Waals surface area contributed by atoms with Gasteiger partial charge in [0, 0.05) is 10.6 Å². The van der Waals surface area contributed by atoms with Gasteiger partial charge >= 0.3 is 0 Å². The molecule has 1 rings (SSSR count). The number of hydrogen-bond donors (Lipinski definition) is 1. The maximum Gasteiger partial charge on any atom is 0.0595 e. The van der Waals surface area contributed by atoms with Crippen LogP contribution < -0.4 is 5.73 Å². The van der Waals surface area contributed by atoms with Crippen molar-refractivity contribution < 1.29 is 0 Å². The van der Waals surface area contributed by atoms with E-state index in [-0.39, 0.29) is 0 Å². The fourth-order valence-corrected chi connectivity index (χ4v) is 1.83. The highest BCUT2D eigenvalue weighted by molar-refractivity contribution is 7.99. The van der Waals surface area contributed by atoms with Crippen LogP contribution in [0, 0.1) is 18.8 Å². The molecule has 1 nitrogen and oxygen atoms in total. The number of thioether (sulfide) groups is 1. The van der Waals surface area contributed by atoms with Gasteiger partial charge in [0.25, 0.3) is 0 Å². The number of aryl methyl sites for hydroxylation is 1. The highest BCUT2D eigenvalue weighted by Crippen LogP contribution is 2.25. The van der Waals surface area contributed by atoms with Gasteiger partial charge < -0.3 is 5.73 Å². The first-order valence-corrected chi connectivity index (χ1v) is 5.11. The highest BCUT2D eigenvalue weighted by atomic mass is 32.2. The van der Waals surface area contributed by atoms with Crippen molar-refractivity contribution in [1.29, 1.82) is 0 Å². The Morgan fingerprint density at radius 3 is 2.92 bits per heavy atom. The zero-order chi connectivity index (χ0) is 9.68. The molecule has 0 amide bonds. The third-order valence-electron chi connectivity index (χ3n) is 1.65. The van der Waals surface area contributed by atoms with Crippen molar-refractivity contribution in [3.63, 3.8) is 0 Å². The van der Waals surface area contributed by atoms with Crippen LogP contribution in [0.1, 0.15) is 12.5 Å². The van der Waals surface area contributed by atoms with Crippen molar-refractivity contribution in [1.82, 2.24) is 0 Å². The molecule has 68 valence electrons. The fourth-order valence-electron chi connectivity index (χ4n) is 0.953. The summed E-state index contributed by atoms with van der Waals surface area (Å²) in [5.41, 5.74) is 7.88. The monoisotopic (exact) mass is 191 g/mol. The highest BCUT2D eigenvalue weighted by Gasteiger charge is 1.98. The fraction of sp³-hybridized carbons (Fsp3) is 0.273. The molecule has 13 heavy (non-hydrogen) atoms. The summed E-state index contributed by atoms with van der Waals surface area (Å²) in [5.74, 6) is 6.67. The molecule has 1 aromatic carbocycles. The van der Waals surface area contributed by atoms with E-state index in [1.54, 1.807) is 11.8 Å². The smallest absolute Gasteiger partial charge is 0.0595 e. The minimum Gasteiger partial charge on any atom is -0.398 e. The molecule has 0 aliphatic heterocycles. The Kier molecular flexibility index (Phi) is 3.72. The zero-order valence-electron chi connectivity index (χ0n) is 7.92. The summed E-state index contributed by atoms with van der Waals surface area (Å²) >= 11 is 1.69. The first-order chi connectivity index (χ1) is 6.24. The molecule has 0 heterocycles. The number of nitrogen functional groups attached to an aromatic ring is 1. The molecule has 0 aliphatic rings. The van der Waals surface area contributed by atoms with Gasteiger partial charge in [0.05, 0.1) is 5.75 Å². The predicted molar refractivity (Wildman–Crippen MR) is 59.8 cm³/mol. The Hall–Kier alpha value is -1.07. The van der Waals surface area contributed by atoms with Crippen molar-refractivity contribution in [2.24, 2.45) is 0 Å². The molecule has 0 unspecified atom stereocenters. The van der Waals surface area contributed by atoms with Crippen molar-refractivity contribution in [3.8, 4) is 11.8 Å². The van der Waals surface area contributed by atoms with Crippen molar-refractivity contribution in [2.45, 2.75) is 18.7 Å². The molecular weight excluding hydrogens is 178 g/mol. The lowest BCUT2D eigenvalue weighted by molar-refractivity contribution is 1.37. The summed E-state index contributed by atoms with van der Waals surface area (Å²) in [7, 11) is 0. The van der Waals surface area contributed by atoms with Crippen LogP contribution in [0.2, 0.25) is 0 Å². The molecule has 1 aromatic rings. The Morgan fingerprint density at radius 2 is 2.23 bits per heavy atom. The molecule has 0 saturated carbocycles. The van der Waals surface area contributed by atoms with Gasteiger partial charge in [0.2, 0.25) is 0 Å². The number of benzene rings is 1. The summed E-state index contributed by atoms with van der Waals surface area (Å²) in [5, 5.41) is 0. The molecule has 0 aromatic heterocycles. The topological polar surface area (TPSA) is 26.0 Å². The van der Waals surface area contributed by atoms with E-state index >= 15 is 0 Å². The molecule has 2 N–H and O–H groups in total. The van der Waals surface area contributed by atoms with Crippen molar-refractivity contribution >= 4 is 17.4 Å². The lowest BCUT2D eigenvalue weighted by Crippen LogP contribution is -1.89. The van der Waals surface area contributed by atoms with Crippen LogP contribution in [0.5, 0.6) is 0 Å². The van der Waals surface area contributed by atoms with E-state index < -0.39 is 0 Å². The molecule has 0 aliphatic carbocycles. The quantitative estimate of drug-likeness (QED) is 0.442. The van der Waals surface area contributed by atoms with Gasteiger partial charge in [0.1, 0.15) is 0 Å². The molecule has 2 heteroatoms. The number of nitrogens with two attached hydrogens (primary N) is 1. The summed E-state index contributed by atoms with van der Waals surface area (Å²) in [4.78, 5) is 1.13. The molecule has 0 saturated heterocycles. The van der Waals surface area contributed by atoms with Crippen LogP contribution in [-0.4, -0.2) is 5.75 Å². The summed E-state index contributed by atoms with van der Waals surface area (Å²) in [6.45, 7) is 3.91. The van der Waals surface area contributed by atoms with Crippen LogP contribution in [0.15, 0.2) is 23.1 Å². The molecular formula is C11H13NS. The van der Waals surface area contributed by atoms with Crippen LogP contribution in [0.3, 0.4) is 0 Å². The van der Waals surface area contributed by atoms with Gasteiger partial charge in [-0.1, -0.05) is 12.0 Å². The average molecular weight is 191 g/mol. The maximum atomic E-state index is 5.80. The Morgan fingerprint density at radius 1 is 1.46 bits per heavy atom. The largest absolute Gasteiger partial charge is 0.398 e. The number of rotatable bonds is 2. The second-order valence-electron chi connectivity index (χ2n) is 2.76. The zero-order valence-corrected chi connectivity index (χ0v) is 8.74. The standard InChI is InChI=1S/C11H13NS/c1-3-4-7-13-11-8-9(2)5-6-10(11)12/h5-6,8H,7,12H2,1-2H3.